The number of H-pyrrole nitrogens is 1. The van der Waals surface area contributed by atoms with Gasteiger partial charge in [0.15, 0.2) is 0 Å². The molecule has 2 aromatic heterocycles. The number of pyridine rings is 1. The summed E-state index contributed by atoms with van der Waals surface area (Å²) in [6, 6.07) is 5.29. The van der Waals surface area contributed by atoms with E-state index in [2.05, 4.69) is 15.3 Å². The highest BCUT2D eigenvalue weighted by Gasteiger charge is 2.10. The van der Waals surface area contributed by atoms with E-state index < -0.39 is 5.97 Å². The molecule has 0 amide bonds. The van der Waals surface area contributed by atoms with Crippen LogP contribution in [-0.4, -0.2) is 21.0 Å². The third-order valence-corrected chi connectivity index (χ3v) is 2.53. The van der Waals surface area contributed by atoms with Crippen molar-refractivity contribution in [3.63, 3.8) is 0 Å². The van der Waals surface area contributed by atoms with Crippen LogP contribution in [0, 0.1) is 6.92 Å². The largest absolute Gasteiger partial charge is 0.478 e. The molecule has 0 atom stereocenters. The lowest BCUT2D eigenvalue weighted by Gasteiger charge is -2.08. The molecule has 3 N–H and O–H groups in total. The number of anilines is 1. The van der Waals surface area contributed by atoms with Gasteiger partial charge in [-0.3, -0.25) is 4.98 Å². The lowest BCUT2D eigenvalue weighted by atomic mass is 10.2. The number of carboxylic acid groups (broad SMARTS) is 1. The van der Waals surface area contributed by atoms with Crippen LogP contribution in [0.5, 0.6) is 0 Å². The highest BCUT2D eigenvalue weighted by Crippen LogP contribution is 2.13. The predicted octanol–water partition coefficient (Wildman–Crippen LogP) is 2.03. The lowest BCUT2D eigenvalue weighted by molar-refractivity contribution is 0.0696. The summed E-state index contributed by atoms with van der Waals surface area (Å²) in [7, 11) is 0. The molecule has 0 radical (unpaired) electrons. The van der Waals surface area contributed by atoms with Crippen molar-refractivity contribution in [3.8, 4) is 0 Å². The van der Waals surface area contributed by atoms with Crippen LogP contribution in [0.25, 0.3) is 0 Å². The van der Waals surface area contributed by atoms with E-state index in [0.717, 1.165) is 11.4 Å². The Hall–Kier alpha value is -2.30. The summed E-state index contributed by atoms with van der Waals surface area (Å²) in [5.41, 5.74) is 2.73. The number of aryl methyl sites for hydroxylation is 1. The number of hydrogen-bond donors (Lipinski definition) is 3. The minimum absolute atomic E-state index is 0.291. The first-order valence-electron chi connectivity index (χ1n) is 5.23. The van der Waals surface area contributed by atoms with Crippen molar-refractivity contribution in [2.75, 3.05) is 5.32 Å². The van der Waals surface area contributed by atoms with Crippen molar-refractivity contribution in [2.24, 2.45) is 0 Å². The molecule has 0 fully saturated rings. The standard InChI is InChI=1S/C12H13N3O2/c1-8-10(3-2-5-13-8)15-7-11-9(12(16)17)4-6-14-11/h2-6,14-15H,7H2,1H3,(H,16,17). The third-order valence-electron chi connectivity index (χ3n) is 2.53. The van der Waals surface area contributed by atoms with E-state index in [4.69, 9.17) is 5.11 Å². The molecule has 2 heterocycles. The molecular formula is C12H13N3O2. The van der Waals surface area contributed by atoms with Gasteiger partial charge in [-0.15, -0.1) is 0 Å². The first-order valence-corrected chi connectivity index (χ1v) is 5.23. The minimum Gasteiger partial charge on any atom is -0.478 e. The molecule has 5 heteroatoms. The molecule has 88 valence electrons. The molecule has 0 saturated heterocycles. The summed E-state index contributed by atoms with van der Waals surface area (Å²) in [6.45, 7) is 2.33. The number of nitrogens with one attached hydrogen (secondary N) is 2. The van der Waals surface area contributed by atoms with E-state index >= 15 is 0 Å². The minimum atomic E-state index is -0.925. The Labute approximate surface area is 98.5 Å². The second-order valence-corrected chi connectivity index (χ2v) is 3.66. The highest BCUT2D eigenvalue weighted by molar-refractivity contribution is 5.89. The van der Waals surface area contributed by atoms with Gasteiger partial charge in [0.25, 0.3) is 0 Å². The Morgan fingerprint density at radius 3 is 3.06 bits per heavy atom. The van der Waals surface area contributed by atoms with Gasteiger partial charge in [0.2, 0.25) is 0 Å². The van der Waals surface area contributed by atoms with E-state index in [1.807, 2.05) is 19.1 Å². The summed E-state index contributed by atoms with van der Waals surface area (Å²) < 4.78 is 0. The number of aromatic carboxylic acids is 1. The van der Waals surface area contributed by atoms with Crippen LogP contribution in [0.2, 0.25) is 0 Å². The van der Waals surface area contributed by atoms with Crippen LogP contribution in [0.15, 0.2) is 30.6 Å². The fourth-order valence-corrected chi connectivity index (χ4v) is 1.61. The molecule has 0 aliphatic rings. The molecule has 0 aromatic carbocycles. The molecule has 0 aliphatic heterocycles. The van der Waals surface area contributed by atoms with Gasteiger partial charge >= 0.3 is 5.97 Å². The van der Waals surface area contributed by atoms with Crippen LogP contribution < -0.4 is 5.32 Å². The van der Waals surface area contributed by atoms with Gasteiger partial charge < -0.3 is 15.4 Å². The molecular weight excluding hydrogens is 218 g/mol. The van der Waals surface area contributed by atoms with Crippen molar-refractivity contribution < 1.29 is 9.90 Å². The summed E-state index contributed by atoms with van der Waals surface area (Å²) in [5, 5.41) is 12.1. The maximum absolute atomic E-state index is 10.9. The zero-order chi connectivity index (χ0) is 12.3. The third kappa shape index (κ3) is 2.44. The second-order valence-electron chi connectivity index (χ2n) is 3.66. The molecule has 0 aliphatic carbocycles. The number of aromatic nitrogens is 2. The van der Waals surface area contributed by atoms with Gasteiger partial charge in [0.05, 0.1) is 23.5 Å². The van der Waals surface area contributed by atoms with Gasteiger partial charge in [0, 0.05) is 18.1 Å². The summed E-state index contributed by atoms with van der Waals surface area (Å²) >= 11 is 0. The Kier molecular flexibility index (Phi) is 3.09. The molecule has 17 heavy (non-hydrogen) atoms. The maximum atomic E-state index is 10.9. The number of carbonyl (C=O) groups is 1. The van der Waals surface area contributed by atoms with Crippen LogP contribution in [0.3, 0.4) is 0 Å². The van der Waals surface area contributed by atoms with Crippen LogP contribution >= 0.6 is 0 Å². The maximum Gasteiger partial charge on any atom is 0.337 e. The lowest BCUT2D eigenvalue weighted by Crippen LogP contribution is -2.07. The van der Waals surface area contributed by atoms with Crippen molar-refractivity contribution in [1.82, 2.24) is 9.97 Å². The number of nitrogens with zero attached hydrogens (tertiary/aromatic N) is 1. The summed E-state index contributed by atoms with van der Waals surface area (Å²) in [5.74, 6) is -0.925. The van der Waals surface area contributed by atoms with E-state index in [-0.39, 0.29) is 0 Å². The number of carboxylic acids is 1. The van der Waals surface area contributed by atoms with Crippen molar-refractivity contribution in [1.29, 1.82) is 0 Å². The Morgan fingerprint density at radius 2 is 2.35 bits per heavy atom. The smallest absolute Gasteiger partial charge is 0.337 e. The molecule has 2 rings (SSSR count). The number of rotatable bonds is 4. The molecule has 0 spiro atoms. The fraction of sp³-hybridized carbons (Fsp3) is 0.167. The Bertz CT molecular complexity index is 534. The second kappa shape index (κ2) is 4.69. The average Bonchev–Trinajstić information content (AvgIpc) is 2.76. The first kappa shape index (κ1) is 11.2. The highest BCUT2D eigenvalue weighted by atomic mass is 16.4. The predicted molar refractivity (Wildman–Crippen MR) is 64.1 cm³/mol. The fourth-order valence-electron chi connectivity index (χ4n) is 1.61. The van der Waals surface area contributed by atoms with Crippen LogP contribution in [0.4, 0.5) is 5.69 Å². The SMILES string of the molecule is Cc1ncccc1NCc1[nH]ccc1C(=O)O. The molecule has 5 nitrogen and oxygen atoms in total. The van der Waals surface area contributed by atoms with Gasteiger partial charge in [0.1, 0.15) is 0 Å². The summed E-state index contributed by atoms with van der Waals surface area (Å²) in [4.78, 5) is 18.0. The van der Waals surface area contributed by atoms with Gasteiger partial charge in [-0.05, 0) is 25.1 Å². The zero-order valence-corrected chi connectivity index (χ0v) is 9.40. The monoisotopic (exact) mass is 231 g/mol. The normalized spacial score (nSPS) is 10.2. The van der Waals surface area contributed by atoms with E-state index in [9.17, 15) is 4.79 Å². The Morgan fingerprint density at radius 1 is 1.53 bits per heavy atom. The number of aromatic amines is 1. The van der Waals surface area contributed by atoms with Crippen molar-refractivity contribution >= 4 is 11.7 Å². The quantitative estimate of drug-likeness (QED) is 0.752. The topological polar surface area (TPSA) is 78.0 Å². The number of hydrogen-bond acceptors (Lipinski definition) is 3. The zero-order valence-electron chi connectivity index (χ0n) is 9.40. The van der Waals surface area contributed by atoms with Crippen LogP contribution in [-0.2, 0) is 6.54 Å². The summed E-state index contributed by atoms with van der Waals surface area (Å²) in [6.07, 6.45) is 3.34. The average molecular weight is 231 g/mol. The molecule has 0 saturated carbocycles. The van der Waals surface area contributed by atoms with Gasteiger partial charge in [-0.25, -0.2) is 4.79 Å². The molecule has 2 aromatic rings. The molecule has 0 unspecified atom stereocenters. The van der Waals surface area contributed by atoms with Gasteiger partial charge in [-0.1, -0.05) is 0 Å². The Balaban J connectivity index is 2.10. The van der Waals surface area contributed by atoms with Crippen molar-refractivity contribution in [2.45, 2.75) is 13.5 Å². The van der Waals surface area contributed by atoms with Gasteiger partial charge in [-0.2, -0.15) is 0 Å². The van der Waals surface area contributed by atoms with E-state index in [0.29, 0.717) is 17.8 Å². The van der Waals surface area contributed by atoms with E-state index in [1.54, 1.807) is 18.5 Å². The van der Waals surface area contributed by atoms with Crippen molar-refractivity contribution in [3.05, 3.63) is 47.5 Å². The van der Waals surface area contributed by atoms with E-state index in [1.165, 1.54) is 0 Å². The van der Waals surface area contributed by atoms with Crippen LogP contribution in [0.1, 0.15) is 21.7 Å². The first-order chi connectivity index (χ1) is 8.18. The molecule has 0 bridgehead atoms.